The molecule has 1 atom stereocenters. The predicted molar refractivity (Wildman–Crippen MR) is 106 cm³/mol. The van der Waals surface area contributed by atoms with Crippen LogP contribution in [0.2, 0.25) is 0 Å². The van der Waals surface area contributed by atoms with Gasteiger partial charge in [-0.2, -0.15) is 0 Å². The summed E-state index contributed by atoms with van der Waals surface area (Å²) in [4.78, 5) is 16.8. The molecule has 2 heterocycles. The van der Waals surface area contributed by atoms with Gasteiger partial charge in [0.15, 0.2) is 0 Å². The number of pyridine rings is 1. The van der Waals surface area contributed by atoms with Gasteiger partial charge in [-0.15, -0.1) is 0 Å². The van der Waals surface area contributed by atoms with Gasteiger partial charge in [-0.3, -0.25) is 18.6 Å². The summed E-state index contributed by atoms with van der Waals surface area (Å²) in [5.74, 6) is 0.292. The van der Waals surface area contributed by atoms with Crippen LogP contribution in [0.25, 0.3) is 22.0 Å². The molecular weight excluding hydrogens is 362 g/mol. The van der Waals surface area contributed by atoms with Crippen molar-refractivity contribution in [3.05, 3.63) is 54.5 Å². The molecule has 0 fully saturated rings. The lowest BCUT2D eigenvalue weighted by atomic mass is 10.0. The SMILES string of the molecule is CC(C)CC(=O)n1cc(CCNS(=O)[O-])c2ccc(-c3ccncc3)cc21. The van der Waals surface area contributed by atoms with E-state index in [0.717, 1.165) is 27.6 Å². The fourth-order valence-corrected chi connectivity index (χ4v) is 3.41. The minimum atomic E-state index is -2.29. The Morgan fingerprint density at radius 1 is 1.22 bits per heavy atom. The first-order valence-corrected chi connectivity index (χ1v) is 9.93. The number of fused-ring (bicyclic) bond motifs is 1. The fraction of sp³-hybridized carbons (Fsp3) is 0.300. The molecule has 1 unspecified atom stereocenters. The van der Waals surface area contributed by atoms with Crippen LogP contribution < -0.4 is 4.72 Å². The Morgan fingerprint density at radius 3 is 2.63 bits per heavy atom. The summed E-state index contributed by atoms with van der Waals surface area (Å²) >= 11 is -2.29. The Labute approximate surface area is 161 Å². The van der Waals surface area contributed by atoms with Crippen molar-refractivity contribution in [2.24, 2.45) is 5.92 Å². The highest BCUT2D eigenvalue weighted by Gasteiger charge is 2.15. The van der Waals surface area contributed by atoms with E-state index in [0.29, 0.717) is 19.4 Å². The molecule has 0 saturated heterocycles. The summed E-state index contributed by atoms with van der Waals surface area (Å²) in [5.41, 5.74) is 3.82. The molecule has 0 spiro atoms. The van der Waals surface area contributed by atoms with Crippen molar-refractivity contribution < 1.29 is 13.6 Å². The molecule has 142 valence electrons. The van der Waals surface area contributed by atoms with Crippen LogP contribution >= 0.6 is 0 Å². The van der Waals surface area contributed by atoms with E-state index >= 15 is 0 Å². The molecule has 0 amide bonds. The van der Waals surface area contributed by atoms with Crippen molar-refractivity contribution in [2.45, 2.75) is 26.7 Å². The number of hydrogen-bond donors (Lipinski definition) is 1. The first kappa shape index (κ1) is 19.4. The van der Waals surface area contributed by atoms with E-state index in [-0.39, 0.29) is 11.8 Å². The minimum absolute atomic E-state index is 0.0356. The van der Waals surface area contributed by atoms with Gasteiger partial charge in [-0.25, -0.2) is 4.72 Å². The van der Waals surface area contributed by atoms with Crippen LogP contribution in [0.3, 0.4) is 0 Å². The van der Waals surface area contributed by atoms with E-state index < -0.39 is 11.3 Å². The Balaban J connectivity index is 2.04. The third-order valence-electron chi connectivity index (χ3n) is 4.37. The number of hydrogen-bond acceptors (Lipinski definition) is 4. The number of aromatic nitrogens is 2. The number of carbonyl (C=O) groups excluding carboxylic acids is 1. The Hall–Kier alpha value is -2.35. The molecule has 3 aromatic rings. The summed E-state index contributed by atoms with van der Waals surface area (Å²) in [5, 5.41) is 0.961. The fourth-order valence-electron chi connectivity index (χ4n) is 3.14. The highest BCUT2D eigenvalue weighted by Crippen LogP contribution is 2.28. The lowest BCUT2D eigenvalue weighted by molar-refractivity contribution is 0.0892. The number of rotatable bonds is 7. The Morgan fingerprint density at radius 2 is 1.96 bits per heavy atom. The minimum Gasteiger partial charge on any atom is -0.760 e. The van der Waals surface area contributed by atoms with Crippen molar-refractivity contribution in [1.82, 2.24) is 14.3 Å². The average Bonchev–Trinajstić information content (AvgIpc) is 3.00. The molecule has 0 saturated carbocycles. The van der Waals surface area contributed by atoms with Crippen molar-refractivity contribution in [3.8, 4) is 11.1 Å². The van der Waals surface area contributed by atoms with Crippen molar-refractivity contribution in [2.75, 3.05) is 6.54 Å². The number of nitrogens with one attached hydrogen (secondary N) is 1. The lowest BCUT2D eigenvalue weighted by Crippen LogP contribution is -2.19. The second kappa shape index (κ2) is 8.56. The summed E-state index contributed by atoms with van der Waals surface area (Å²) in [6, 6.07) is 9.87. The zero-order chi connectivity index (χ0) is 19.4. The van der Waals surface area contributed by atoms with Crippen LogP contribution in [0, 0.1) is 5.92 Å². The standard InChI is InChI=1S/C20H23N3O3S/c1-14(2)11-20(24)23-13-17(7-10-22-27(25)26)18-4-3-16(12-19(18)23)15-5-8-21-9-6-15/h3-6,8-9,12-14,22H,7,10-11H2,1-2H3,(H,25,26)/p-1. The van der Waals surface area contributed by atoms with Crippen LogP contribution in [0.1, 0.15) is 30.6 Å². The normalized spacial score (nSPS) is 12.6. The summed E-state index contributed by atoms with van der Waals surface area (Å²) in [6.45, 7) is 4.32. The van der Waals surface area contributed by atoms with Crippen LogP contribution in [0.4, 0.5) is 0 Å². The van der Waals surface area contributed by atoms with Gasteiger partial charge in [0.1, 0.15) is 0 Å². The van der Waals surface area contributed by atoms with Crippen LogP contribution in [-0.4, -0.2) is 30.8 Å². The maximum atomic E-state index is 12.8. The van der Waals surface area contributed by atoms with E-state index in [9.17, 15) is 13.6 Å². The largest absolute Gasteiger partial charge is 0.760 e. The van der Waals surface area contributed by atoms with Crippen molar-refractivity contribution in [1.29, 1.82) is 0 Å². The third-order valence-corrected chi connectivity index (χ3v) is 4.81. The molecule has 0 aliphatic rings. The topological polar surface area (TPSA) is 87.0 Å². The molecule has 0 aliphatic carbocycles. The van der Waals surface area contributed by atoms with Crippen LogP contribution in [0.5, 0.6) is 0 Å². The van der Waals surface area contributed by atoms with E-state index in [1.165, 1.54) is 0 Å². The van der Waals surface area contributed by atoms with Gasteiger partial charge in [-0.05, 0) is 47.2 Å². The molecule has 0 radical (unpaired) electrons. The molecule has 0 bridgehead atoms. The number of carbonyl (C=O) groups is 1. The molecule has 0 aliphatic heterocycles. The maximum Gasteiger partial charge on any atom is 0.231 e. The molecular formula is C20H22N3O3S-. The number of benzene rings is 1. The van der Waals surface area contributed by atoms with E-state index in [4.69, 9.17) is 0 Å². The zero-order valence-corrected chi connectivity index (χ0v) is 16.2. The van der Waals surface area contributed by atoms with Gasteiger partial charge in [0.25, 0.3) is 0 Å². The highest BCUT2D eigenvalue weighted by molar-refractivity contribution is 7.77. The highest BCUT2D eigenvalue weighted by atomic mass is 32.2. The van der Waals surface area contributed by atoms with Crippen LogP contribution in [-0.2, 0) is 17.7 Å². The molecule has 2 aromatic heterocycles. The zero-order valence-electron chi connectivity index (χ0n) is 15.3. The van der Waals surface area contributed by atoms with Gasteiger partial charge in [-0.1, -0.05) is 26.0 Å². The van der Waals surface area contributed by atoms with E-state index in [1.54, 1.807) is 17.0 Å². The van der Waals surface area contributed by atoms with Gasteiger partial charge >= 0.3 is 0 Å². The van der Waals surface area contributed by atoms with E-state index in [1.807, 2.05) is 50.4 Å². The monoisotopic (exact) mass is 384 g/mol. The molecule has 3 rings (SSSR count). The molecule has 6 nitrogen and oxygen atoms in total. The van der Waals surface area contributed by atoms with Crippen molar-refractivity contribution in [3.63, 3.8) is 0 Å². The van der Waals surface area contributed by atoms with Gasteiger partial charge in [0, 0.05) is 48.2 Å². The Bertz CT molecular complexity index is 967. The van der Waals surface area contributed by atoms with Gasteiger partial charge < -0.3 is 4.55 Å². The summed E-state index contributed by atoms with van der Waals surface area (Å²) in [7, 11) is 0. The second-order valence-electron chi connectivity index (χ2n) is 6.86. The molecule has 1 aromatic carbocycles. The predicted octanol–water partition coefficient (Wildman–Crippen LogP) is 3.32. The third kappa shape index (κ3) is 4.68. The summed E-state index contributed by atoms with van der Waals surface area (Å²) < 4.78 is 25.5. The first-order chi connectivity index (χ1) is 13.0. The van der Waals surface area contributed by atoms with Crippen molar-refractivity contribution >= 4 is 28.1 Å². The lowest BCUT2D eigenvalue weighted by Gasteiger charge is -2.08. The number of nitrogens with zero attached hydrogens (tertiary/aromatic N) is 2. The quantitative estimate of drug-likeness (QED) is 0.633. The van der Waals surface area contributed by atoms with Crippen LogP contribution in [0.15, 0.2) is 48.9 Å². The summed E-state index contributed by atoms with van der Waals surface area (Å²) in [6.07, 6.45) is 6.28. The average molecular weight is 384 g/mol. The smallest absolute Gasteiger partial charge is 0.231 e. The maximum absolute atomic E-state index is 12.8. The van der Waals surface area contributed by atoms with Gasteiger partial charge in [0.05, 0.1) is 5.52 Å². The Kier molecular flexibility index (Phi) is 6.15. The van der Waals surface area contributed by atoms with Gasteiger partial charge in [0.2, 0.25) is 5.91 Å². The first-order valence-electron chi connectivity index (χ1n) is 8.86. The molecule has 7 heteroatoms. The molecule has 27 heavy (non-hydrogen) atoms. The second-order valence-corrected chi connectivity index (χ2v) is 7.62. The van der Waals surface area contributed by atoms with E-state index in [2.05, 4.69) is 9.71 Å². The molecule has 1 N–H and O–H groups in total.